The van der Waals surface area contributed by atoms with Crippen LogP contribution in [0.2, 0.25) is 0 Å². The molecule has 2 N–H and O–H groups in total. The molecule has 1 aliphatic heterocycles. The van der Waals surface area contributed by atoms with Crippen LogP contribution in [-0.2, 0) is 0 Å². The number of nitrogens with one attached hydrogen (secondary N) is 1. The molecule has 3 nitrogen and oxygen atoms in total. The highest BCUT2D eigenvalue weighted by Crippen LogP contribution is 2.20. The van der Waals surface area contributed by atoms with Crippen molar-refractivity contribution in [1.82, 2.24) is 5.32 Å². The zero-order valence-corrected chi connectivity index (χ0v) is 10.1. The van der Waals surface area contributed by atoms with E-state index in [4.69, 9.17) is 0 Å². The van der Waals surface area contributed by atoms with Gasteiger partial charge in [0, 0.05) is 36.3 Å². The molecule has 1 saturated heterocycles. The fourth-order valence-corrected chi connectivity index (χ4v) is 2.19. The van der Waals surface area contributed by atoms with Crippen LogP contribution in [0.25, 0.3) is 0 Å². The summed E-state index contributed by atoms with van der Waals surface area (Å²) in [5.74, 6) is 0. The van der Waals surface area contributed by atoms with Crippen LogP contribution in [0.4, 0.5) is 5.69 Å². The van der Waals surface area contributed by atoms with Crippen LogP contribution < -0.4 is 10.2 Å². The molecular weight excluding hydrogens is 256 g/mol. The van der Waals surface area contributed by atoms with Crippen molar-refractivity contribution in [2.45, 2.75) is 6.10 Å². The van der Waals surface area contributed by atoms with Crippen LogP contribution in [0.5, 0.6) is 0 Å². The number of benzene rings is 1. The SMILES string of the molecule is OC1CNCCN(c2cccc(Br)c2)C1. The van der Waals surface area contributed by atoms with Gasteiger partial charge in [0.25, 0.3) is 0 Å². The quantitative estimate of drug-likeness (QED) is 0.806. The van der Waals surface area contributed by atoms with Gasteiger partial charge in [-0.3, -0.25) is 0 Å². The Morgan fingerprint density at radius 2 is 2.33 bits per heavy atom. The molecule has 0 amide bonds. The van der Waals surface area contributed by atoms with Gasteiger partial charge in [0.1, 0.15) is 0 Å². The van der Waals surface area contributed by atoms with Gasteiger partial charge in [-0.15, -0.1) is 0 Å². The van der Waals surface area contributed by atoms with E-state index < -0.39 is 0 Å². The van der Waals surface area contributed by atoms with E-state index in [2.05, 4.69) is 38.3 Å². The molecule has 15 heavy (non-hydrogen) atoms. The lowest BCUT2D eigenvalue weighted by atomic mass is 10.2. The molecule has 0 aliphatic carbocycles. The topological polar surface area (TPSA) is 35.5 Å². The number of rotatable bonds is 1. The predicted octanol–water partition coefficient (Wildman–Crippen LogP) is 1.22. The molecular formula is C11H15BrN2O. The minimum atomic E-state index is -0.286. The number of halogens is 1. The molecule has 0 radical (unpaired) electrons. The summed E-state index contributed by atoms with van der Waals surface area (Å²) in [6, 6.07) is 8.18. The Kier molecular flexibility index (Phi) is 3.61. The molecule has 1 heterocycles. The standard InChI is InChI=1S/C11H15BrN2O/c12-9-2-1-3-10(6-9)14-5-4-13-7-11(15)8-14/h1-3,6,11,13,15H,4-5,7-8H2. The number of anilines is 1. The van der Waals surface area contributed by atoms with Gasteiger partial charge in [-0.1, -0.05) is 22.0 Å². The Hall–Kier alpha value is -0.580. The summed E-state index contributed by atoms with van der Waals surface area (Å²) < 4.78 is 1.08. The largest absolute Gasteiger partial charge is 0.390 e. The molecule has 0 aromatic heterocycles. The van der Waals surface area contributed by atoms with Gasteiger partial charge in [0.05, 0.1) is 6.10 Å². The zero-order valence-electron chi connectivity index (χ0n) is 8.49. The van der Waals surface area contributed by atoms with E-state index >= 15 is 0 Å². The minimum Gasteiger partial charge on any atom is -0.390 e. The molecule has 0 spiro atoms. The number of β-amino-alcohol motifs (C(OH)–C–C–N with tert-alkyl or cyclic N) is 1. The molecule has 2 rings (SSSR count). The fraction of sp³-hybridized carbons (Fsp3) is 0.455. The van der Waals surface area contributed by atoms with Crippen LogP contribution in [-0.4, -0.2) is 37.4 Å². The second-order valence-electron chi connectivity index (χ2n) is 3.78. The highest BCUT2D eigenvalue weighted by atomic mass is 79.9. The first-order valence-corrected chi connectivity index (χ1v) is 5.94. The Balaban J connectivity index is 2.14. The van der Waals surface area contributed by atoms with Crippen LogP contribution in [0.1, 0.15) is 0 Å². The Labute approximate surface area is 98.2 Å². The van der Waals surface area contributed by atoms with Crippen LogP contribution in [0, 0.1) is 0 Å². The first-order chi connectivity index (χ1) is 7.25. The Morgan fingerprint density at radius 1 is 1.47 bits per heavy atom. The normalized spacial score (nSPS) is 22.5. The van der Waals surface area contributed by atoms with E-state index in [-0.39, 0.29) is 6.10 Å². The Morgan fingerprint density at radius 3 is 3.13 bits per heavy atom. The summed E-state index contributed by atoms with van der Waals surface area (Å²) in [6.45, 7) is 3.24. The third kappa shape index (κ3) is 2.93. The summed E-state index contributed by atoms with van der Waals surface area (Å²) >= 11 is 3.46. The maximum Gasteiger partial charge on any atom is 0.0839 e. The predicted molar refractivity (Wildman–Crippen MR) is 65.2 cm³/mol. The van der Waals surface area contributed by atoms with Gasteiger partial charge in [-0.2, -0.15) is 0 Å². The van der Waals surface area contributed by atoms with Crippen LogP contribution in [0.15, 0.2) is 28.7 Å². The lowest BCUT2D eigenvalue weighted by Gasteiger charge is -2.24. The lowest BCUT2D eigenvalue weighted by molar-refractivity contribution is 0.185. The molecule has 4 heteroatoms. The van der Waals surface area contributed by atoms with Crippen molar-refractivity contribution in [3.8, 4) is 0 Å². The van der Waals surface area contributed by atoms with Gasteiger partial charge in [-0.05, 0) is 18.2 Å². The van der Waals surface area contributed by atoms with E-state index in [9.17, 15) is 5.11 Å². The molecule has 1 aliphatic rings. The van der Waals surface area contributed by atoms with E-state index in [0.29, 0.717) is 13.1 Å². The van der Waals surface area contributed by atoms with Gasteiger partial charge in [0.15, 0.2) is 0 Å². The summed E-state index contributed by atoms with van der Waals surface area (Å²) in [7, 11) is 0. The van der Waals surface area contributed by atoms with Gasteiger partial charge in [0.2, 0.25) is 0 Å². The summed E-state index contributed by atoms with van der Waals surface area (Å²) in [6.07, 6.45) is -0.286. The van der Waals surface area contributed by atoms with Gasteiger partial charge in [-0.25, -0.2) is 0 Å². The van der Waals surface area contributed by atoms with Crippen molar-refractivity contribution in [3.05, 3.63) is 28.7 Å². The lowest BCUT2D eigenvalue weighted by Crippen LogP contribution is -2.32. The third-order valence-corrected chi connectivity index (χ3v) is 3.04. The van der Waals surface area contributed by atoms with Crippen molar-refractivity contribution in [3.63, 3.8) is 0 Å². The molecule has 1 aromatic carbocycles. The maximum atomic E-state index is 9.67. The van der Waals surface area contributed by atoms with E-state index in [1.54, 1.807) is 0 Å². The van der Waals surface area contributed by atoms with Crippen molar-refractivity contribution >= 4 is 21.6 Å². The van der Waals surface area contributed by atoms with Crippen LogP contribution >= 0.6 is 15.9 Å². The molecule has 0 saturated carbocycles. The first kappa shape index (κ1) is 10.9. The second-order valence-corrected chi connectivity index (χ2v) is 4.70. The van der Waals surface area contributed by atoms with Crippen molar-refractivity contribution in [1.29, 1.82) is 0 Å². The van der Waals surface area contributed by atoms with E-state index in [1.165, 1.54) is 0 Å². The average molecular weight is 271 g/mol. The molecule has 1 fully saturated rings. The fourth-order valence-electron chi connectivity index (χ4n) is 1.80. The molecule has 82 valence electrons. The number of aliphatic hydroxyl groups is 1. The first-order valence-electron chi connectivity index (χ1n) is 5.15. The summed E-state index contributed by atoms with van der Waals surface area (Å²) in [5.41, 5.74) is 1.16. The maximum absolute atomic E-state index is 9.67. The van der Waals surface area contributed by atoms with Crippen molar-refractivity contribution in [2.75, 3.05) is 31.1 Å². The second kappa shape index (κ2) is 4.96. The monoisotopic (exact) mass is 270 g/mol. The number of aliphatic hydroxyl groups excluding tert-OH is 1. The summed E-state index contributed by atoms with van der Waals surface area (Å²) in [5, 5.41) is 12.9. The average Bonchev–Trinajstić information content (AvgIpc) is 2.43. The highest BCUT2D eigenvalue weighted by molar-refractivity contribution is 9.10. The minimum absolute atomic E-state index is 0.286. The number of nitrogens with zero attached hydrogens (tertiary/aromatic N) is 1. The van der Waals surface area contributed by atoms with Gasteiger partial charge < -0.3 is 15.3 Å². The Bertz CT molecular complexity index is 332. The molecule has 1 aromatic rings. The highest BCUT2D eigenvalue weighted by Gasteiger charge is 2.15. The molecule has 1 unspecified atom stereocenters. The number of hydrogen-bond donors (Lipinski definition) is 2. The van der Waals surface area contributed by atoms with E-state index in [0.717, 1.165) is 23.2 Å². The molecule has 1 atom stereocenters. The van der Waals surface area contributed by atoms with E-state index in [1.807, 2.05) is 12.1 Å². The van der Waals surface area contributed by atoms with Gasteiger partial charge >= 0.3 is 0 Å². The molecule has 0 bridgehead atoms. The van der Waals surface area contributed by atoms with Crippen LogP contribution in [0.3, 0.4) is 0 Å². The number of hydrogen-bond acceptors (Lipinski definition) is 3. The zero-order chi connectivity index (χ0) is 10.7. The van der Waals surface area contributed by atoms with Crippen molar-refractivity contribution in [2.24, 2.45) is 0 Å². The smallest absolute Gasteiger partial charge is 0.0839 e. The van der Waals surface area contributed by atoms with Crippen molar-refractivity contribution < 1.29 is 5.11 Å². The summed E-state index contributed by atoms with van der Waals surface area (Å²) in [4.78, 5) is 2.20. The third-order valence-electron chi connectivity index (χ3n) is 2.54.